The Kier molecular flexibility index (Phi) is 5.58. The summed E-state index contributed by atoms with van der Waals surface area (Å²) in [5.74, 6) is -0.363. The van der Waals surface area contributed by atoms with Gasteiger partial charge in [-0.25, -0.2) is 4.79 Å². The van der Waals surface area contributed by atoms with E-state index in [1.807, 2.05) is 30.3 Å². The molecule has 0 aliphatic heterocycles. The molecule has 0 saturated heterocycles. The highest BCUT2D eigenvalue weighted by molar-refractivity contribution is 5.88. The number of benzene rings is 1. The number of carboxylic acid groups (broad SMARTS) is 1. The molecule has 1 N–H and O–H groups in total. The zero-order chi connectivity index (χ0) is 17.7. The number of hydrogen-bond acceptors (Lipinski definition) is 3. The van der Waals surface area contributed by atoms with Gasteiger partial charge in [0.15, 0.2) is 0 Å². The Morgan fingerprint density at radius 3 is 2.54 bits per heavy atom. The number of rotatable bonds is 7. The molecule has 2 aromatic rings. The number of carbonyl (C=O) groups excluding carboxylic acids is 1. The highest BCUT2D eigenvalue weighted by Gasteiger charge is 2.19. The average molecular weight is 327 g/mol. The first kappa shape index (κ1) is 17.5. The molecular weight excluding hydrogens is 306 g/mol. The molecule has 5 nitrogen and oxygen atoms in total. The minimum Gasteiger partial charge on any atom is -0.478 e. The molecule has 0 aliphatic carbocycles. The van der Waals surface area contributed by atoms with E-state index in [1.54, 1.807) is 20.0 Å². The maximum Gasteiger partial charge on any atom is 0.339 e. The van der Waals surface area contributed by atoms with Gasteiger partial charge in [-0.15, -0.1) is 6.58 Å². The van der Waals surface area contributed by atoms with Gasteiger partial charge in [-0.2, -0.15) is 0 Å². The molecule has 0 saturated carbocycles. The lowest BCUT2D eigenvalue weighted by Gasteiger charge is -2.19. The quantitative estimate of drug-likeness (QED) is 0.789. The first-order chi connectivity index (χ1) is 11.4. The molecular formula is C19H21NO4. The van der Waals surface area contributed by atoms with Crippen molar-refractivity contribution in [3.8, 4) is 0 Å². The molecule has 1 heterocycles. The summed E-state index contributed by atoms with van der Waals surface area (Å²) in [5.41, 5.74) is 1.16. The summed E-state index contributed by atoms with van der Waals surface area (Å²) < 4.78 is 5.42. The Hall–Kier alpha value is -2.82. The molecule has 1 unspecified atom stereocenters. The molecule has 24 heavy (non-hydrogen) atoms. The van der Waals surface area contributed by atoms with E-state index >= 15 is 0 Å². The number of carbonyl (C=O) groups is 2. The van der Waals surface area contributed by atoms with Crippen LogP contribution in [0.2, 0.25) is 0 Å². The van der Waals surface area contributed by atoms with Gasteiger partial charge < -0.3 is 14.4 Å². The molecule has 126 valence electrons. The summed E-state index contributed by atoms with van der Waals surface area (Å²) in [7, 11) is 1.67. The fraction of sp³-hybridized carbons (Fsp3) is 0.263. The van der Waals surface area contributed by atoms with Gasteiger partial charge in [0.2, 0.25) is 5.91 Å². The lowest BCUT2D eigenvalue weighted by molar-refractivity contribution is -0.130. The van der Waals surface area contributed by atoms with E-state index in [1.165, 1.54) is 11.0 Å². The number of aromatic carboxylic acids is 1. The van der Waals surface area contributed by atoms with Gasteiger partial charge in [0, 0.05) is 19.4 Å². The standard InChI is InChI=1S/C19H21NO4/c1-4-14(15-8-6-5-7-9-15)10-18(21)20(3)12-16-11-17(19(22)23)13(2)24-16/h4-9,11,14H,1,10,12H2,2-3H3,(H,22,23). The molecule has 0 radical (unpaired) electrons. The van der Waals surface area contributed by atoms with Crippen LogP contribution in [0.1, 0.15) is 39.8 Å². The first-order valence-electron chi connectivity index (χ1n) is 7.66. The second-order valence-corrected chi connectivity index (χ2v) is 5.69. The van der Waals surface area contributed by atoms with Crippen molar-refractivity contribution >= 4 is 11.9 Å². The Morgan fingerprint density at radius 1 is 1.33 bits per heavy atom. The van der Waals surface area contributed by atoms with Crippen molar-refractivity contribution in [2.24, 2.45) is 0 Å². The SMILES string of the molecule is C=CC(CC(=O)N(C)Cc1cc(C(=O)O)c(C)o1)c1ccccc1. The van der Waals surface area contributed by atoms with Crippen molar-refractivity contribution in [1.29, 1.82) is 0 Å². The number of aryl methyl sites for hydroxylation is 1. The monoisotopic (exact) mass is 327 g/mol. The molecule has 0 spiro atoms. The summed E-state index contributed by atoms with van der Waals surface area (Å²) in [6.07, 6.45) is 2.07. The zero-order valence-corrected chi connectivity index (χ0v) is 13.9. The van der Waals surface area contributed by atoms with Gasteiger partial charge in [0.25, 0.3) is 0 Å². The second kappa shape index (κ2) is 7.64. The molecule has 5 heteroatoms. The van der Waals surface area contributed by atoms with Crippen molar-refractivity contribution < 1.29 is 19.1 Å². The number of amides is 1. The summed E-state index contributed by atoms with van der Waals surface area (Å²) in [6.45, 7) is 5.64. The fourth-order valence-corrected chi connectivity index (χ4v) is 2.54. The van der Waals surface area contributed by atoms with Crippen molar-refractivity contribution in [1.82, 2.24) is 4.90 Å². The van der Waals surface area contributed by atoms with E-state index < -0.39 is 5.97 Å². The number of hydrogen-bond donors (Lipinski definition) is 1. The predicted molar refractivity (Wildman–Crippen MR) is 90.9 cm³/mol. The lowest BCUT2D eigenvalue weighted by Crippen LogP contribution is -2.27. The fourth-order valence-electron chi connectivity index (χ4n) is 2.54. The second-order valence-electron chi connectivity index (χ2n) is 5.69. The molecule has 0 aliphatic rings. The largest absolute Gasteiger partial charge is 0.478 e. The minimum atomic E-state index is -1.03. The van der Waals surface area contributed by atoms with Crippen LogP contribution < -0.4 is 0 Å². The Morgan fingerprint density at radius 2 is 2.00 bits per heavy atom. The topological polar surface area (TPSA) is 70.8 Å². The molecule has 1 aromatic heterocycles. The molecule has 1 atom stereocenters. The summed E-state index contributed by atoms with van der Waals surface area (Å²) in [5, 5.41) is 9.05. The molecule has 1 aromatic carbocycles. The average Bonchev–Trinajstić information content (AvgIpc) is 2.93. The summed E-state index contributed by atoms with van der Waals surface area (Å²) >= 11 is 0. The van der Waals surface area contributed by atoms with E-state index in [2.05, 4.69) is 6.58 Å². The Balaban J connectivity index is 2.02. The number of nitrogens with zero attached hydrogens (tertiary/aromatic N) is 1. The predicted octanol–water partition coefficient (Wildman–Crippen LogP) is 3.60. The first-order valence-corrected chi connectivity index (χ1v) is 7.66. The van der Waals surface area contributed by atoms with Gasteiger partial charge >= 0.3 is 5.97 Å². The molecule has 1 amide bonds. The van der Waals surface area contributed by atoms with Crippen molar-refractivity contribution in [3.05, 3.63) is 71.7 Å². The van der Waals surface area contributed by atoms with Crippen LogP contribution in [0.15, 0.2) is 53.5 Å². The third kappa shape index (κ3) is 4.13. The zero-order valence-electron chi connectivity index (χ0n) is 13.9. The van der Waals surface area contributed by atoms with Gasteiger partial charge in [-0.3, -0.25) is 4.79 Å². The van der Waals surface area contributed by atoms with Crippen molar-refractivity contribution in [2.45, 2.75) is 25.8 Å². The van der Waals surface area contributed by atoms with E-state index in [9.17, 15) is 9.59 Å². The molecule has 0 fully saturated rings. The van der Waals surface area contributed by atoms with Gasteiger partial charge in [0.05, 0.1) is 6.54 Å². The lowest BCUT2D eigenvalue weighted by atomic mass is 9.95. The van der Waals surface area contributed by atoms with Crippen LogP contribution in [0.25, 0.3) is 0 Å². The highest BCUT2D eigenvalue weighted by Crippen LogP contribution is 2.22. The van der Waals surface area contributed by atoms with Crippen LogP contribution in [0, 0.1) is 6.92 Å². The number of carboxylic acids is 1. The van der Waals surface area contributed by atoms with Gasteiger partial charge in [0.1, 0.15) is 17.1 Å². The number of furan rings is 1. The van der Waals surface area contributed by atoms with E-state index in [0.29, 0.717) is 17.9 Å². The third-order valence-corrected chi connectivity index (χ3v) is 3.92. The van der Waals surface area contributed by atoms with Gasteiger partial charge in [-0.1, -0.05) is 36.4 Å². The Labute approximate surface area is 141 Å². The van der Waals surface area contributed by atoms with Crippen LogP contribution in [0.5, 0.6) is 0 Å². The van der Waals surface area contributed by atoms with Crippen LogP contribution in [-0.2, 0) is 11.3 Å². The van der Waals surface area contributed by atoms with Crippen molar-refractivity contribution in [2.75, 3.05) is 7.05 Å². The van der Waals surface area contributed by atoms with Crippen LogP contribution in [0.3, 0.4) is 0 Å². The third-order valence-electron chi connectivity index (χ3n) is 3.92. The maximum absolute atomic E-state index is 12.4. The van der Waals surface area contributed by atoms with Crippen molar-refractivity contribution in [3.63, 3.8) is 0 Å². The van der Waals surface area contributed by atoms with Crippen LogP contribution in [-0.4, -0.2) is 28.9 Å². The summed E-state index contributed by atoms with van der Waals surface area (Å²) in [4.78, 5) is 25.0. The Bertz CT molecular complexity index is 733. The smallest absolute Gasteiger partial charge is 0.339 e. The summed E-state index contributed by atoms with van der Waals surface area (Å²) in [6, 6.07) is 11.2. The van der Waals surface area contributed by atoms with E-state index in [0.717, 1.165) is 5.56 Å². The van der Waals surface area contributed by atoms with E-state index in [4.69, 9.17) is 9.52 Å². The highest BCUT2D eigenvalue weighted by atomic mass is 16.4. The normalized spacial score (nSPS) is 11.8. The molecule has 0 bridgehead atoms. The number of allylic oxidation sites excluding steroid dienone is 1. The van der Waals surface area contributed by atoms with E-state index in [-0.39, 0.29) is 23.9 Å². The maximum atomic E-state index is 12.4. The van der Waals surface area contributed by atoms with Crippen LogP contribution >= 0.6 is 0 Å². The minimum absolute atomic E-state index is 0.0605. The van der Waals surface area contributed by atoms with Crippen LogP contribution in [0.4, 0.5) is 0 Å². The molecule has 2 rings (SSSR count). The van der Waals surface area contributed by atoms with Gasteiger partial charge in [-0.05, 0) is 18.6 Å².